The highest BCUT2D eigenvalue weighted by Crippen LogP contribution is 2.27. The fraction of sp³-hybridized carbons (Fsp3) is 0.375. The summed E-state index contributed by atoms with van der Waals surface area (Å²) in [6, 6.07) is 0. The number of hydrogen-bond donors (Lipinski definition) is 1. The van der Waals surface area contributed by atoms with Crippen molar-refractivity contribution in [1.82, 2.24) is 9.97 Å². The van der Waals surface area contributed by atoms with E-state index in [9.17, 15) is 4.79 Å². The van der Waals surface area contributed by atoms with Crippen LogP contribution in [-0.2, 0) is 4.79 Å². The van der Waals surface area contributed by atoms with Crippen molar-refractivity contribution < 1.29 is 4.79 Å². The van der Waals surface area contributed by atoms with Gasteiger partial charge in [-0.3, -0.25) is 4.79 Å². The molecule has 5 heteroatoms. The molecule has 0 saturated heterocycles. The molecule has 0 aliphatic carbocycles. The highest BCUT2D eigenvalue weighted by molar-refractivity contribution is 5.84. The van der Waals surface area contributed by atoms with E-state index in [0.717, 1.165) is 30.2 Å². The summed E-state index contributed by atoms with van der Waals surface area (Å²) in [6.07, 6.45) is 2.31. The van der Waals surface area contributed by atoms with Crippen molar-refractivity contribution in [3.05, 3.63) is 12.0 Å². The smallest absolute Gasteiger partial charge is 0.214 e. The average Bonchev–Trinajstić information content (AvgIpc) is 2.17. The highest BCUT2D eigenvalue weighted by atomic mass is 16.1. The van der Waals surface area contributed by atoms with Gasteiger partial charge in [-0.2, -0.15) is 0 Å². The van der Waals surface area contributed by atoms with Gasteiger partial charge >= 0.3 is 0 Å². The van der Waals surface area contributed by atoms with Gasteiger partial charge in [0.15, 0.2) is 5.82 Å². The molecule has 0 aromatic carbocycles. The number of aryl methyl sites for hydroxylation is 1. The van der Waals surface area contributed by atoms with Gasteiger partial charge in [0, 0.05) is 13.1 Å². The number of aromatic nitrogens is 2. The Morgan fingerprint density at radius 1 is 1.62 bits per heavy atom. The van der Waals surface area contributed by atoms with Crippen LogP contribution in [0.4, 0.5) is 11.5 Å². The summed E-state index contributed by atoms with van der Waals surface area (Å²) < 4.78 is 0. The number of rotatable bonds is 1. The summed E-state index contributed by atoms with van der Waals surface area (Å²) in [5.41, 5.74) is 1.62. The van der Waals surface area contributed by atoms with E-state index in [2.05, 4.69) is 15.3 Å². The predicted octanol–water partition coefficient (Wildman–Crippen LogP) is 0.173. The lowest BCUT2D eigenvalue weighted by atomic mass is 10.2. The van der Waals surface area contributed by atoms with Crippen molar-refractivity contribution in [2.24, 2.45) is 0 Å². The summed E-state index contributed by atoms with van der Waals surface area (Å²) in [6.45, 7) is 3.27. The van der Waals surface area contributed by atoms with Crippen molar-refractivity contribution in [2.45, 2.75) is 6.92 Å². The first kappa shape index (κ1) is 7.97. The third-order valence-electron chi connectivity index (χ3n) is 2.06. The third-order valence-corrected chi connectivity index (χ3v) is 2.06. The Morgan fingerprint density at radius 3 is 3.23 bits per heavy atom. The third kappa shape index (κ3) is 1.22. The minimum Gasteiger partial charge on any atom is -0.366 e. The average molecular weight is 178 g/mol. The van der Waals surface area contributed by atoms with Gasteiger partial charge in [0.05, 0.1) is 5.69 Å². The van der Waals surface area contributed by atoms with Gasteiger partial charge < -0.3 is 10.2 Å². The van der Waals surface area contributed by atoms with E-state index >= 15 is 0 Å². The number of nitrogens with zero attached hydrogens (tertiary/aromatic N) is 3. The van der Waals surface area contributed by atoms with E-state index in [-0.39, 0.29) is 0 Å². The molecule has 0 spiro atoms. The zero-order valence-electron chi connectivity index (χ0n) is 7.32. The number of carbonyl (C=O) groups is 1. The SMILES string of the molecule is Cc1ncnc2c1N(C=O)CCN2. The Bertz CT molecular complexity index is 339. The van der Waals surface area contributed by atoms with Crippen molar-refractivity contribution in [2.75, 3.05) is 23.3 Å². The van der Waals surface area contributed by atoms with Gasteiger partial charge in [-0.05, 0) is 6.92 Å². The molecule has 1 amide bonds. The fourth-order valence-corrected chi connectivity index (χ4v) is 1.45. The quantitative estimate of drug-likeness (QED) is 0.623. The summed E-state index contributed by atoms with van der Waals surface area (Å²) in [5, 5.41) is 3.12. The molecule has 0 fully saturated rings. The number of hydrogen-bond acceptors (Lipinski definition) is 4. The summed E-state index contributed by atoms with van der Waals surface area (Å²) in [5.74, 6) is 0.742. The number of nitrogens with one attached hydrogen (secondary N) is 1. The minimum atomic E-state index is 0.671. The fourth-order valence-electron chi connectivity index (χ4n) is 1.45. The van der Waals surface area contributed by atoms with Crippen molar-refractivity contribution in [3.8, 4) is 0 Å². The van der Waals surface area contributed by atoms with Gasteiger partial charge in [0.2, 0.25) is 6.41 Å². The molecule has 2 heterocycles. The number of anilines is 2. The zero-order chi connectivity index (χ0) is 9.26. The van der Waals surface area contributed by atoms with Crippen LogP contribution in [0.1, 0.15) is 5.69 Å². The monoisotopic (exact) mass is 178 g/mol. The van der Waals surface area contributed by atoms with Crippen LogP contribution in [0.5, 0.6) is 0 Å². The zero-order valence-corrected chi connectivity index (χ0v) is 7.32. The second kappa shape index (κ2) is 3.01. The van der Waals surface area contributed by atoms with Crippen LogP contribution in [0.3, 0.4) is 0 Å². The summed E-state index contributed by atoms with van der Waals surface area (Å²) in [7, 11) is 0. The number of carbonyl (C=O) groups excluding carboxylic acids is 1. The van der Waals surface area contributed by atoms with Crippen molar-refractivity contribution >= 4 is 17.9 Å². The molecular weight excluding hydrogens is 168 g/mol. The molecule has 1 aromatic rings. The second-order valence-corrected chi connectivity index (χ2v) is 2.88. The van der Waals surface area contributed by atoms with Gasteiger partial charge in [0.1, 0.15) is 12.0 Å². The summed E-state index contributed by atoms with van der Waals surface area (Å²) in [4.78, 5) is 20.4. The summed E-state index contributed by atoms with van der Waals surface area (Å²) >= 11 is 0. The van der Waals surface area contributed by atoms with Crippen LogP contribution in [0, 0.1) is 6.92 Å². The Hall–Kier alpha value is -1.65. The molecule has 0 unspecified atom stereocenters. The molecule has 1 N–H and O–H groups in total. The van der Waals surface area contributed by atoms with Gasteiger partial charge in [-0.15, -0.1) is 0 Å². The minimum absolute atomic E-state index is 0.671. The maximum Gasteiger partial charge on any atom is 0.214 e. The maximum absolute atomic E-state index is 10.7. The van der Waals surface area contributed by atoms with Crippen LogP contribution in [-0.4, -0.2) is 29.5 Å². The molecular formula is C8H10N4O. The Balaban J connectivity index is 2.53. The van der Waals surface area contributed by atoms with Gasteiger partial charge in [-0.1, -0.05) is 0 Å². The normalized spacial score (nSPS) is 14.7. The molecule has 2 rings (SSSR count). The largest absolute Gasteiger partial charge is 0.366 e. The first-order chi connectivity index (χ1) is 6.33. The lowest BCUT2D eigenvalue weighted by Gasteiger charge is -2.26. The van der Waals surface area contributed by atoms with E-state index in [1.165, 1.54) is 6.33 Å². The van der Waals surface area contributed by atoms with Gasteiger partial charge in [0.25, 0.3) is 0 Å². The van der Waals surface area contributed by atoms with Crippen LogP contribution < -0.4 is 10.2 Å². The Morgan fingerprint density at radius 2 is 2.46 bits per heavy atom. The van der Waals surface area contributed by atoms with E-state index in [1.807, 2.05) is 6.92 Å². The molecule has 68 valence electrons. The van der Waals surface area contributed by atoms with Crippen LogP contribution in [0.15, 0.2) is 6.33 Å². The molecule has 0 atom stereocenters. The maximum atomic E-state index is 10.7. The first-order valence-electron chi connectivity index (χ1n) is 4.10. The molecule has 0 saturated carbocycles. The standard InChI is InChI=1S/C8H10N4O/c1-6-7-8(11-4-10-6)9-2-3-12(7)5-13/h4-5H,2-3H2,1H3,(H,9,10,11). The van der Waals surface area contributed by atoms with E-state index in [0.29, 0.717) is 6.54 Å². The van der Waals surface area contributed by atoms with Gasteiger partial charge in [-0.25, -0.2) is 9.97 Å². The molecule has 0 bridgehead atoms. The molecule has 1 aliphatic rings. The molecule has 0 radical (unpaired) electrons. The topological polar surface area (TPSA) is 58.1 Å². The molecule has 1 aliphatic heterocycles. The lowest BCUT2D eigenvalue weighted by molar-refractivity contribution is -0.107. The molecule has 5 nitrogen and oxygen atoms in total. The number of fused-ring (bicyclic) bond motifs is 1. The highest BCUT2D eigenvalue weighted by Gasteiger charge is 2.19. The van der Waals surface area contributed by atoms with Crippen LogP contribution >= 0.6 is 0 Å². The first-order valence-corrected chi connectivity index (χ1v) is 4.10. The molecule has 13 heavy (non-hydrogen) atoms. The lowest BCUT2D eigenvalue weighted by Crippen LogP contribution is -2.34. The Labute approximate surface area is 75.8 Å². The molecule has 1 aromatic heterocycles. The van der Waals surface area contributed by atoms with E-state index in [1.54, 1.807) is 4.90 Å². The number of amides is 1. The van der Waals surface area contributed by atoms with E-state index < -0.39 is 0 Å². The van der Waals surface area contributed by atoms with Crippen LogP contribution in [0.25, 0.3) is 0 Å². The predicted molar refractivity (Wildman–Crippen MR) is 48.7 cm³/mol. The second-order valence-electron chi connectivity index (χ2n) is 2.88. The van der Waals surface area contributed by atoms with Crippen LogP contribution in [0.2, 0.25) is 0 Å². The van der Waals surface area contributed by atoms with E-state index in [4.69, 9.17) is 0 Å². The Kier molecular flexibility index (Phi) is 1.84. The van der Waals surface area contributed by atoms with Crippen molar-refractivity contribution in [3.63, 3.8) is 0 Å². The van der Waals surface area contributed by atoms with Crippen molar-refractivity contribution in [1.29, 1.82) is 0 Å².